The van der Waals surface area contributed by atoms with E-state index in [2.05, 4.69) is 68.2 Å². The first-order valence-electron chi connectivity index (χ1n) is 10.0. The average Bonchev–Trinajstić information content (AvgIpc) is 3.07. The van der Waals surface area contributed by atoms with E-state index in [4.69, 9.17) is 0 Å². The van der Waals surface area contributed by atoms with Crippen LogP contribution in [-0.4, -0.2) is 28.9 Å². The van der Waals surface area contributed by atoms with Gasteiger partial charge in [0.25, 0.3) is 5.91 Å². The summed E-state index contributed by atoms with van der Waals surface area (Å²) in [5, 5.41) is 3.37. The zero-order chi connectivity index (χ0) is 19.6. The van der Waals surface area contributed by atoms with Gasteiger partial charge in [-0.05, 0) is 71.2 Å². The van der Waals surface area contributed by atoms with Gasteiger partial charge in [0, 0.05) is 17.1 Å². The molecular weight excluding hydrogens is 332 g/mol. The van der Waals surface area contributed by atoms with Crippen molar-refractivity contribution in [2.24, 2.45) is 0 Å². The smallest absolute Gasteiger partial charge is 0.252 e. The summed E-state index contributed by atoms with van der Waals surface area (Å²) in [5.41, 5.74) is 3.93. The minimum absolute atomic E-state index is 0.00118. The molecule has 0 saturated carbocycles. The first kappa shape index (κ1) is 19.6. The third kappa shape index (κ3) is 4.08. The van der Waals surface area contributed by atoms with Gasteiger partial charge in [-0.3, -0.25) is 9.69 Å². The quantitative estimate of drug-likeness (QED) is 0.806. The fourth-order valence-electron chi connectivity index (χ4n) is 4.55. The van der Waals surface area contributed by atoms with Crippen LogP contribution in [0.1, 0.15) is 66.7 Å². The van der Waals surface area contributed by atoms with Gasteiger partial charge in [-0.15, -0.1) is 0 Å². The summed E-state index contributed by atoms with van der Waals surface area (Å²) >= 11 is 0. The Labute approximate surface area is 163 Å². The number of amides is 1. The number of carbonyl (C=O) groups is 1. The molecule has 1 N–H and O–H groups in total. The minimum Gasteiger partial charge on any atom is -0.343 e. The van der Waals surface area contributed by atoms with Crippen LogP contribution >= 0.6 is 0 Å². The van der Waals surface area contributed by atoms with Gasteiger partial charge < -0.3 is 5.32 Å². The van der Waals surface area contributed by atoms with E-state index in [1.165, 1.54) is 18.4 Å². The van der Waals surface area contributed by atoms with Gasteiger partial charge in [0.05, 0.1) is 6.04 Å². The van der Waals surface area contributed by atoms with Gasteiger partial charge in [-0.2, -0.15) is 0 Å². The molecule has 3 rings (SSSR count). The van der Waals surface area contributed by atoms with E-state index in [1.54, 1.807) is 0 Å². The molecule has 3 nitrogen and oxygen atoms in total. The largest absolute Gasteiger partial charge is 0.343 e. The fraction of sp³-hybridized carbons (Fsp3) is 0.458. The molecule has 2 unspecified atom stereocenters. The third-order valence-corrected chi connectivity index (χ3v) is 6.03. The molecule has 0 aromatic heterocycles. The Hall–Kier alpha value is -2.13. The third-order valence-electron chi connectivity index (χ3n) is 6.03. The monoisotopic (exact) mass is 364 g/mol. The van der Waals surface area contributed by atoms with Gasteiger partial charge in [-0.25, -0.2) is 0 Å². The lowest BCUT2D eigenvalue weighted by molar-refractivity contribution is 0.0632. The molecule has 2 aromatic carbocycles. The summed E-state index contributed by atoms with van der Waals surface area (Å²) < 4.78 is 0. The lowest BCUT2D eigenvalue weighted by Gasteiger charge is -2.45. The zero-order valence-electron chi connectivity index (χ0n) is 17.3. The molecule has 1 aliphatic rings. The van der Waals surface area contributed by atoms with Gasteiger partial charge in [0.2, 0.25) is 0 Å². The number of nitrogens with one attached hydrogen (secondary N) is 1. The number of benzene rings is 2. The maximum absolute atomic E-state index is 13.2. The Balaban J connectivity index is 1.94. The van der Waals surface area contributed by atoms with Crippen molar-refractivity contribution < 1.29 is 4.79 Å². The number of carbonyl (C=O) groups excluding carboxylic acids is 1. The van der Waals surface area contributed by atoms with Gasteiger partial charge >= 0.3 is 0 Å². The molecule has 1 heterocycles. The van der Waals surface area contributed by atoms with Crippen molar-refractivity contribution in [3.8, 4) is 0 Å². The highest BCUT2D eigenvalue weighted by molar-refractivity contribution is 5.96. The van der Waals surface area contributed by atoms with Crippen LogP contribution in [0.4, 0.5) is 0 Å². The molecule has 3 heteroatoms. The number of nitrogens with zero attached hydrogens (tertiary/aromatic N) is 1. The van der Waals surface area contributed by atoms with Crippen LogP contribution in [0.15, 0.2) is 48.5 Å². The maximum atomic E-state index is 13.2. The minimum atomic E-state index is -0.175. The van der Waals surface area contributed by atoms with Crippen molar-refractivity contribution in [3.05, 3.63) is 70.8 Å². The first-order valence-corrected chi connectivity index (χ1v) is 10.0. The molecule has 144 valence electrons. The van der Waals surface area contributed by atoms with Gasteiger partial charge in [0.15, 0.2) is 0 Å². The second-order valence-corrected chi connectivity index (χ2v) is 8.47. The molecular formula is C24H32N2O. The van der Waals surface area contributed by atoms with E-state index >= 15 is 0 Å². The van der Waals surface area contributed by atoms with Crippen molar-refractivity contribution in [1.29, 1.82) is 0 Å². The number of likely N-dealkylation sites (tertiary alicyclic amines) is 1. The van der Waals surface area contributed by atoms with Crippen LogP contribution in [0.2, 0.25) is 0 Å². The maximum Gasteiger partial charge on any atom is 0.252 e. The summed E-state index contributed by atoms with van der Waals surface area (Å²) in [4.78, 5) is 15.7. The Morgan fingerprint density at radius 2 is 1.85 bits per heavy atom. The molecule has 1 fully saturated rings. The van der Waals surface area contributed by atoms with Crippen molar-refractivity contribution in [1.82, 2.24) is 10.2 Å². The highest BCUT2D eigenvalue weighted by Gasteiger charge is 2.41. The van der Waals surface area contributed by atoms with Crippen LogP contribution in [0, 0.1) is 13.8 Å². The van der Waals surface area contributed by atoms with E-state index in [0.717, 1.165) is 23.2 Å². The van der Waals surface area contributed by atoms with E-state index in [1.807, 2.05) is 25.1 Å². The van der Waals surface area contributed by atoms with Crippen LogP contribution in [0.25, 0.3) is 0 Å². The highest BCUT2D eigenvalue weighted by atomic mass is 16.1. The van der Waals surface area contributed by atoms with E-state index < -0.39 is 0 Å². The molecule has 1 amide bonds. The molecule has 1 saturated heterocycles. The lowest BCUT2D eigenvalue weighted by atomic mass is 9.86. The summed E-state index contributed by atoms with van der Waals surface area (Å²) in [5.74, 6) is 0.00118. The highest BCUT2D eigenvalue weighted by Crippen LogP contribution is 2.36. The van der Waals surface area contributed by atoms with Crippen molar-refractivity contribution in [2.75, 3.05) is 6.54 Å². The van der Waals surface area contributed by atoms with Crippen LogP contribution in [-0.2, 0) is 0 Å². The molecule has 27 heavy (non-hydrogen) atoms. The number of aryl methyl sites for hydroxylation is 2. The average molecular weight is 365 g/mol. The van der Waals surface area contributed by atoms with Crippen LogP contribution < -0.4 is 5.32 Å². The standard InChI is InChI=1S/C24H32N2O/c1-17-13-14-21(18(2)16-17)23(27)25-22(20-11-7-6-8-12-20)24(4,5)26-15-9-10-19(26)3/h6-8,11-14,16,19,22H,9-10,15H2,1-5H3,(H,25,27). The summed E-state index contributed by atoms with van der Waals surface area (Å²) in [6, 6.07) is 16.8. The normalized spacial score (nSPS) is 19.1. The molecule has 1 aliphatic heterocycles. The second kappa shape index (κ2) is 7.85. The Kier molecular flexibility index (Phi) is 5.71. The Bertz CT molecular complexity index is 797. The predicted octanol–water partition coefficient (Wildman–Crippen LogP) is 5.04. The Morgan fingerprint density at radius 1 is 1.15 bits per heavy atom. The summed E-state index contributed by atoms with van der Waals surface area (Å²) in [6.07, 6.45) is 2.44. The topological polar surface area (TPSA) is 32.3 Å². The lowest BCUT2D eigenvalue weighted by Crippen LogP contribution is -2.54. The Morgan fingerprint density at radius 3 is 2.44 bits per heavy atom. The van der Waals surface area contributed by atoms with Crippen molar-refractivity contribution in [2.45, 2.75) is 65.1 Å². The van der Waals surface area contributed by atoms with Crippen molar-refractivity contribution in [3.63, 3.8) is 0 Å². The van der Waals surface area contributed by atoms with E-state index in [-0.39, 0.29) is 17.5 Å². The van der Waals surface area contributed by atoms with E-state index in [0.29, 0.717) is 6.04 Å². The van der Waals surface area contributed by atoms with Crippen molar-refractivity contribution >= 4 is 5.91 Å². The fourth-order valence-corrected chi connectivity index (χ4v) is 4.55. The molecule has 2 atom stereocenters. The molecule has 0 spiro atoms. The predicted molar refractivity (Wildman–Crippen MR) is 112 cm³/mol. The summed E-state index contributed by atoms with van der Waals surface area (Å²) in [6.45, 7) is 12.0. The summed E-state index contributed by atoms with van der Waals surface area (Å²) in [7, 11) is 0. The first-order chi connectivity index (χ1) is 12.8. The molecule has 0 aliphatic carbocycles. The van der Waals surface area contributed by atoms with Crippen LogP contribution in [0.5, 0.6) is 0 Å². The molecule has 0 radical (unpaired) electrons. The van der Waals surface area contributed by atoms with Gasteiger partial charge in [0.1, 0.15) is 0 Å². The number of rotatable bonds is 5. The number of hydrogen-bond acceptors (Lipinski definition) is 2. The van der Waals surface area contributed by atoms with Gasteiger partial charge in [-0.1, -0.05) is 48.0 Å². The SMILES string of the molecule is Cc1ccc(C(=O)NC(c2ccccc2)C(C)(C)N2CCCC2C)c(C)c1. The van der Waals surface area contributed by atoms with Crippen LogP contribution in [0.3, 0.4) is 0 Å². The second-order valence-electron chi connectivity index (χ2n) is 8.47. The molecule has 2 aromatic rings. The number of hydrogen-bond donors (Lipinski definition) is 1. The van der Waals surface area contributed by atoms with E-state index in [9.17, 15) is 4.79 Å². The zero-order valence-corrected chi connectivity index (χ0v) is 17.3. The molecule has 0 bridgehead atoms.